The summed E-state index contributed by atoms with van der Waals surface area (Å²) in [7, 11) is 1.35. The maximum atomic E-state index is 13.9. The number of carboxylic acids is 1. The molecule has 0 aliphatic carbocycles. The molecule has 2 aliphatic rings. The fourth-order valence-corrected chi connectivity index (χ4v) is 8.67. The largest absolute Gasteiger partial charge is 1.00 e. The van der Waals surface area contributed by atoms with Crippen LogP contribution in [0.1, 0.15) is 58.1 Å². The molecule has 0 bridgehead atoms. The third-order valence-electron chi connectivity index (χ3n) is 12.0. The van der Waals surface area contributed by atoms with Gasteiger partial charge in [0, 0.05) is 25.9 Å². The van der Waals surface area contributed by atoms with Gasteiger partial charge < -0.3 is 34.6 Å². The summed E-state index contributed by atoms with van der Waals surface area (Å²) in [6.07, 6.45) is 7.92. The average molecular weight is 921 g/mol. The number of hydrogen-bond donors (Lipinski definition) is 1. The van der Waals surface area contributed by atoms with Gasteiger partial charge in [-0.2, -0.15) is 0 Å². The van der Waals surface area contributed by atoms with Crippen LogP contribution in [-0.2, 0) is 33.4 Å². The molecule has 4 atom stereocenters. The van der Waals surface area contributed by atoms with Crippen molar-refractivity contribution < 1.29 is 62.8 Å². The Labute approximate surface area is 416 Å². The van der Waals surface area contributed by atoms with E-state index < -0.39 is 35.9 Å². The molecule has 2 heterocycles. The van der Waals surface area contributed by atoms with E-state index in [1.54, 1.807) is 4.90 Å². The standard InChI is InChI=1S/C29H29NO4.C28H27NO4.Li.H2O/c1-33-29(32)26-20-25(34-19-11-14-22-12-5-2-6-13-22)21-30(26)28(31)27(23-15-7-3-8-16-23)24-17-9-4-10-18-24;30-27(26(22-14-6-2-7-15-22)23-16-8-3-9-17-23)29-20-24(19-25(29)28(31)32)33-18-10-13-21-11-4-1-5-12-21;;/h2-18,25-27H,19-21H2,1H3;1-17,24-26H,18-20H2,(H,31,32);;1H2/q;;+1;/p-1/b14-11+;13-10+;;/t25-,26+;24-,25+;;/m11../s1. The molecule has 2 aliphatic heterocycles. The molecule has 0 unspecified atom stereocenters. The number of nitrogens with zero attached hydrogens (tertiary/aromatic N) is 2. The minimum absolute atomic E-state index is 0. The van der Waals surface area contributed by atoms with E-state index >= 15 is 0 Å². The van der Waals surface area contributed by atoms with Crippen molar-refractivity contribution in [1.29, 1.82) is 0 Å². The number of ether oxygens (including phenoxy) is 3. The third-order valence-corrected chi connectivity index (χ3v) is 12.0. The summed E-state index contributed by atoms with van der Waals surface area (Å²) in [6, 6.07) is 56.6. The van der Waals surface area contributed by atoms with Crippen LogP contribution in [0.3, 0.4) is 0 Å². The van der Waals surface area contributed by atoms with Crippen LogP contribution in [0, 0.1) is 0 Å². The number of amides is 2. The van der Waals surface area contributed by atoms with Crippen LogP contribution < -0.4 is 18.9 Å². The number of carbonyl (C=O) groups is 4. The third kappa shape index (κ3) is 14.6. The predicted octanol–water partition coefficient (Wildman–Crippen LogP) is 6.12. The molecule has 11 nitrogen and oxygen atoms in total. The molecule has 69 heavy (non-hydrogen) atoms. The van der Waals surface area contributed by atoms with Gasteiger partial charge in [0.05, 0.1) is 44.4 Å². The van der Waals surface area contributed by atoms with Crippen LogP contribution in [0.2, 0.25) is 0 Å². The molecule has 2 fully saturated rings. The van der Waals surface area contributed by atoms with Gasteiger partial charge in [-0.1, -0.05) is 206 Å². The van der Waals surface area contributed by atoms with Crippen molar-refractivity contribution in [1.82, 2.24) is 9.80 Å². The van der Waals surface area contributed by atoms with Crippen LogP contribution in [0.25, 0.3) is 12.2 Å². The molecule has 0 spiro atoms. The normalized spacial score (nSPS) is 17.5. The second-order valence-corrected chi connectivity index (χ2v) is 16.4. The zero-order valence-corrected chi connectivity index (χ0v) is 39.0. The topological polar surface area (TPSA) is 153 Å². The fourth-order valence-electron chi connectivity index (χ4n) is 8.67. The summed E-state index contributed by atoms with van der Waals surface area (Å²) in [5, 5.41) is 9.83. The Morgan fingerprint density at radius 2 is 0.826 bits per heavy atom. The first kappa shape index (κ1) is 53.1. The Kier molecular flexibility index (Phi) is 21.0. The Hall–Kier alpha value is -6.84. The van der Waals surface area contributed by atoms with E-state index in [9.17, 15) is 24.3 Å². The van der Waals surface area contributed by atoms with Gasteiger partial charge in [-0.15, -0.1) is 0 Å². The Bertz CT molecular complexity index is 2470. The second kappa shape index (κ2) is 27.2. The van der Waals surface area contributed by atoms with Crippen LogP contribution in [0.5, 0.6) is 0 Å². The zero-order valence-electron chi connectivity index (χ0n) is 39.0. The van der Waals surface area contributed by atoms with Gasteiger partial charge in [-0.25, -0.2) is 9.59 Å². The van der Waals surface area contributed by atoms with E-state index in [0.717, 1.165) is 33.4 Å². The molecule has 2 amide bonds. The predicted molar refractivity (Wildman–Crippen MR) is 262 cm³/mol. The molecule has 6 aromatic rings. The smallest absolute Gasteiger partial charge is 0.870 e. The van der Waals surface area contributed by atoms with Crippen molar-refractivity contribution in [3.05, 3.63) is 228 Å². The average Bonchev–Trinajstić information content (AvgIpc) is 4.02. The van der Waals surface area contributed by atoms with E-state index in [-0.39, 0.29) is 61.3 Å². The molecule has 12 heteroatoms. The summed E-state index contributed by atoms with van der Waals surface area (Å²) in [5.41, 5.74) is 5.62. The summed E-state index contributed by atoms with van der Waals surface area (Å²) in [5.74, 6) is -2.84. The number of carboxylic acid groups (broad SMARTS) is 1. The minimum Gasteiger partial charge on any atom is -0.870 e. The molecule has 2 saturated heterocycles. The van der Waals surface area contributed by atoms with Gasteiger partial charge in [0.2, 0.25) is 11.8 Å². The summed E-state index contributed by atoms with van der Waals surface area (Å²) < 4.78 is 17.0. The number of esters is 1. The number of methoxy groups -OCH3 is 1. The Morgan fingerprint density at radius 1 is 0.522 bits per heavy atom. The number of carbonyl (C=O) groups excluding carboxylic acids is 3. The summed E-state index contributed by atoms with van der Waals surface area (Å²) in [4.78, 5) is 55.3. The monoisotopic (exact) mass is 920 g/mol. The number of hydrogen-bond acceptors (Lipinski definition) is 8. The van der Waals surface area contributed by atoms with Crippen LogP contribution in [0.4, 0.5) is 0 Å². The molecule has 6 aromatic carbocycles. The van der Waals surface area contributed by atoms with Crippen LogP contribution in [0.15, 0.2) is 194 Å². The van der Waals surface area contributed by atoms with Gasteiger partial charge in [0.25, 0.3) is 0 Å². The van der Waals surface area contributed by atoms with E-state index in [0.29, 0.717) is 26.2 Å². The van der Waals surface area contributed by atoms with Crippen molar-refractivity contribution >= 4 is 35.9 Å². The fraction of sp³-hybridized carbons (Fsp3) is 0.228. The Balaban J connectivity index is 0.000000250. The molecule has 2 N–H and O–H groups in total. The minimum atomic E-state index is -1.01. The molecular formula is C57H57LiN2O9. The Morgan fingerprint density at radius 3 is 1.14 bits per heavy atom. The van der Waals surface area contributed by atoms with Gasteiger partial charge in [0.1, 0.15) is 12.1 Å². The number of rotatable bonds is 16. The van der Waals surface area contributed by atoms with Crippen molar-refractivity contribution in [2.75, 3.05) is 33.4 Å². The summed E-state index contributed by atoms with van der Waals surface area (Å²) >= 11 is 0. The van der Waals surface area contributed by atoms with E-state index in [2.05, 4.69) is 0 Å². The van der Waals surface area contributed by atoms with E-state index in [1.165, 1.54) is 12.0 Å². The molecule has 0 radical (unpaired) electrons. The SMILES string of the molecule is COC(=O)[C@@H]1C[C@@H](OC/C=C/c2ccccc2)CN1C(=O)C(c1ccccc1)c1ccccc1.O=C(O)[C@@H]1C[C@@H](OC/C=C/c2ccccc2)CN1C(=O)C(c1ccccc1)c1ccccc1.[Li+].[OH-]. The maximum Gasteiger partial charge on any atom is 1.00 e. The van der Waals surface area contributed by atoms with E-state index in [1.807, 2.05) is 206 Å². The molecular weight excluding hydrogens is 864 g/mol. The van der Waals surface area contributed by atoms with Crippen molar-refractivity contribution in [3.8, 4) is 0 Å². The number of benzene rings is 6. The van der Waals surface area contributed by atoms with Crippen molar-refractivity contribution in [2.24, 2.45) is 0 Å². The summed E-state index contributed by atoms with van der Waals surface area (Å²) in [6.45, 7) is 1.35. The quantitative estimate of drug-likeness (QED) is 0.0895. The van der Waals surface area contributed by atoms with Gasteiger partial charge in [-0.05, 0) is 33.4 Å². The van der Waals surface area contributed by atoms with Gasteiger partial charge in [0.15, 0.2) is 0 Å². The molecule has 8 rings (SSSR count). The maximum absolute atomic E-state index is 13.9. The van der Waals surface area contributed by atoms with Crippen molar-refractivity contribution in [3.63, 3.8) is 0 Å². The van der Waals surface area contributed by atoms with Crippen LogP contribution >= 0.6 is 0 Å². The van der Waals surface area contributed by atoms with Crippen LogP contribution in [-0.4, -0.2) is 102 Å². The number of aliphatic carboxylic acids is 1. The first-order valence-corrected chi connectivity index (χ1v) is 22.6. The molecule has 350 valence electrons. The van der Waals surface area contributed by atoms with E-state index in [4.69, 9.17) is 14.2 Å². The first-order valence-electron chi connectivity index (χ1n) is 22.6. The van der Waals surface area contributed by atoms with Gasteiger partial charge >= 0.3 is 30.8 Å². The molecule has 0 saturated carbocycles. The molecule has 0 aromatic heterocycles. The van der Waals surface area contributed by atoms with Gasteiger partial charge in [-0.3, -0.25) is 9.59 Å². The zero-order chi connectivity index (χ0) is 46.8. The number of likely N-dealkylation sites (tertiary alicyclic amines) is 2. The second-order valence-electron chi connectivity index (χ2n) is 16.4. The van der Waals surface area contributed by atoms with Crippen molar-refractivity contribution in [2.45, 2.75) is 49.0 Å². The first-order chi connectivity index (χ1) is 32.8.